The van der Waals surface area contributed by atoms with Crippen LogP contribution in [0.15, 0.2) is 173 Å². The number of hydrogen-bond acceptors (Lipinski definition) is 3. The minimum absolute atomic E-state index is 0.0114. The van der Waals surface area contributed by atoms with Gasteiger partial charge in [0.15, 0.2) is 0 Å². The van der Waals surface area contributed by atoms with Gasteiger partial charge >= 0.3 is 0 Å². The number of carbonyl (C=O) groups is 1. The number of carbonyl (C=O) groups excluding carboxylic acids is 1. The van der Waals surface area contributed by atoms with E-state index >= 15 is 4.79 Å². The van der Waals surface area contributed by atoms with Crippen molar-refractivity contribution < 1.29 is 13.6 Å². The molecular weight excluding hydrogens is 985 g/mol. The molecule has 4 nitrogen and oxygen atoms in total. The lowest BCUT2D eigenvalue weighted by molar-refractivity contribution is 0.0928. The number of hydrogen-bond donors (Lipinski definition) is 0. The Morgan fingerprint density at radius 2 is 0.720 bits per heavy atom. The fraction of sp³-hybridized carbons (Fsp3) is 0.358. The summed E-state index contributed by atoms with van der Waals surface area (Å²) in [7, 11) is -6.94. The molecule has 1 amide bonds. The first-order valence-corrected chi connectivity index (χ1v) is 36.7. The number of rotatable bonds is 27. The number of furan rings is 2. The first-order chi connectivity index (χ1) is 36.8. The molecule has 0 saturated heterocycles. The summed E-state index contributed by atoms with van der Waals surface area (Å²) in [5, 5.41) is 11.9. The van der Waals surface area contributed by atoms with Crippen molar-refractivity contribution in [1.29, 1.82) is 0 Å². The van der Waals surface area contributed by atoms with E-state index in [2.05, 4.69) is 179 Å². The molecule has 2 aromatic heterocycles. The maximum absolute atomic E-state index is 16.6. The van der Waals surface area contributed by atoms with Gasteiger partial charge in [-0.2, -0.15) is 0 Å². The Hall–Kier alpha value is -5.10. The molecule has 0 aliphatic carbocycles. The van der Waals surface area contributed by atoms with Crippen molar-refractivity contribution in [2.45, 2.75) is 155 Å². The van der Waals surface area contributed by atoms with Crippen LogP contribution in [0.4, 0.5) is 0 Å². The molecule has 0 aliphatic heterocycles. The molecule has 0 fully saturated rings. The van der Waals surface area contributed by atoms with Gasteiger partial charge in [0.25, 0.3) is 5.91 Å². The van der Waals surface area contributed by atoms with Crippen LogP contribution >= 0.6 is 16.1 Å². The molecule has 0 bridgehead atoms. The van der Waals surface area contributed by atoms with E-state index in [0.29, 0.717) is 5.56 Å². The highest BCUT2D eigenvalue weighted by atomic mass is 31.2. The minimum Gasteiger partial charge on any atom is -0.455 e. The lowest BCUT2D eigenvalue weighted by Crippen LogP contribution is -2.48. The molecule has 0 N–H and O–H groups in total. The van der Waals surface area contributed by atoms with E-state index in [0.717, 1.165) is 65.1 Å². The predicted molar refractivity (Wildman–Crippen MR) is 334 cm³/mol. The maximum Gasteiger partial charge on any atom is 0.261 e. The molecular formula is C67H81NO3P2Si2. The van der Waals surface area contributed by atoms with E-state index in [-0.39, 0.29) is 5.91 Å². The van der Waals surface area contributed by atoms with E-state index in [1.165, 1.54) is 113 Å². The Bertz CT molecular complexity index is 3020. The average molecular weight is 1070 g/mol. The molecule has 390 valence electrons. The van der Waals surface area contributed by atoms with Gasteiger partial charge in [0.1, 0.15) is 22.3 Å². The van der Waals surface area contributed by atoms with Crippen LogP contribution < -0.4 is 31.6 Å². The largest absolute Gasteiger partial charge is 0.455 e. The highest BCUT2D eigenvalue weighted by molar-refractivity contribution is 7.86. The third-order valence-electron chi connectivity index (χ3n) is 16.3. The molecule has 9 aromatic rings. The Balaban J connectivity index is 1.35. The highest BCUT2D eigenvalue weighted by Crippen LogP contribution is 2.57. The highest BCUT2D eigenvalue weighted by Gasteiger charge is 2.41. The van der Waals surface area contributed by atoms with Gasteiger partial charge in [0.2, 0.25) is 0 Å². The summed E-state index contributed by atoms with van der Waals surface area (Å²) in [6.45, 7) is 14.1. The molecule has 2 unspecified atom stereocenters. The van der Waals surface area contributed by atoms with Gasteiger partial charge in [-0.05, 0) is 36.4 Å². The topological polar surface area (TPSA) is 46.6 Å². The first-order valence-electron chi connectivity index (χ1n) is 28.8. The summed E-state index contributed by atoms with van der Waals surface area (Å²) in [6.07, 6.45) is 15.0. The van der Waals surface area contributed by atoms with Crippen LogP contribution in [-0.2, 0) is 0 Å². The van der Waals surface area contributed by atoms with Crippen molar-refractivity contribution in [2.24, 2.45) is 0 Å². The van der Waals surface area contributed by atoms with Crippen molar-refractivity contribution >= 4 is 114 Å². The summed E-state index contributed by atoms with van der Waals surface area (Å²) >= 11 is 0. The maximum atomic E-state index is 16.6. The summed E-state index contributed by atoms with van der Waals surface area (Å²) in [5.74, 6) is 0.0114. The first kappa shape index (κ1) is 54.7. The molecule has 2 atom stereocenters. The second kappa shape index (κ2) is 25.8. The van der Waals surface area contributed by atoms with Crippen LogP contribution in [0, 0.1) is 0 Å². The summed E-state index contributed by atoms with van der Waals surface area (Å²) < 4.78 is 16.5. The minimum atomic E-state index is -1.86. The van der Waals surface area contributed by atoms with Crippen molar-refractivity contribution in [3.8, 4) is 0 Å². The Kier molecular flexibility index (Phi) is 18.8. The Labute approximate surface area is 453 Å². The predicted octanol–water partition coefficient (Wildman–Crippen LogP) is 18.1. The van der Waals surface area contributed by atoms with Crippen LogP contribution in [0.5, 0.6) is 0 Å². The standard InChI is InChI=1S/C67H81NO3P2Si2/c1-7-13-46-74(47-14-8-2,48-15-9-3)55-42-38-53(39-43-55)72(63-36-26-32-59-57-30-22-24-34-61(57)70-65(59)63)68(67(69)52-28-20-19-21-29-52)73(64-37-27-33-60-58-31-23-25-35-62(58)71-66(60)64)54-40-44-56(45-41-54)75(49-16-10-4,50-17-11-5)51-18-12-6/h19-45H,7-18,46-51H2,1-6H3. The quantitative estimate of drug-likeness (QED) is 0.0381. The summed E-state index contributed by atoms with van der Waals surface area (Å²) in [5.41, 5.74) is 4.09. The smallest absolute Gasteiger partial charge is 0.261 e. The van der Waals surface area contributed by atoms with Gasteiger partial charge in [0.05, 0.1) is 32.3 Å². The van der Waals surface area contributed by atoms with Crippen LogP contribution in [0.2, 0.25) is 36.3 Å². The summed E-state index contributed by atoms with van der Waals surface area (Å²) in [6, 6.07) is 68.0. The van der Waals surface area contributed by atoms with Crippen molar-refractivity contribution in [2.75, 3.05) is 0 Å². The zero-order valence-corrected chi connectivity index (χ0v) is 49.7. The lowest BCUT2D eigenvalue weighted by atomic mass is 10.1. The van der Waals surface area contributed by atoms with Gasteiger partial charge in [-0.25, -0.2) is 0 Å². The number of benzene rings is 7. The Morgan fingerprint density at radius 3 is 1.08 bits per heavy atom. The van der Waals surface area contributed by atoms with E-state index in [1.807, 2.05) is 30.3 Å². The lowest BCUT2D eigenvalue weighted by Gasteiger charge is -2.39. The molecule has 9 rings (SSSR count). The van der Waals surface area contributed by atoms with E-state index in [1.54, 1.807) is 10.4 Å². The molecule has 0 aliphatic rings. The molecule has 75 heavy (non-hydrogen) atoms. The SMILES string of the molecule is CCCC[Si](CCCC)(CCCC)c1ccc(P(c2cccc3c2oc2ccccc23)N(C(=O)c2ccccc2)P(c2ccc([Si](CCCC)(CCCC)CCCC)cc2)c2cccc3c2oc2ccccc23)cc1. The average Bonchev–Trinajstić information content (AvgIpc) is 4.06. The normalized spacial score (nSPS) is 13.0. The van der Waals surface area contributed by atoms with Crippen LogP contribution in [0.25, 0.3) is 43.9 Å². The number of unbranched alkanes of at least 4 members (excludes halogenated alkanes) is 6. The molecule has 0 spiro atoms. The Morgan fingerprint density at radius 1 is 0.387 bits per heavy atom. The van der Waals surface area contributed by atoms with Crippen LogP contribution in [0.3, 0.4) is 0 Å². The second-order valence-corrected chi connectivity index (χ2v) is 35.0. The molecule has 2 heterocycles. The van der Waals surface area contributed by atoms with Crippen LogP contribution in [-0.4, -0.2) is 26.5 Å². The molecule has 8 heteroatoms. The molecule has 7 aromatic carbocycles. The molecule has 0 saturated carbocycles. The van der Waals surface area contributed by atoms with E-state index in [9.17, 15) is 0 Å². The van der Waals surface area contributed by atoms with Crippen molar-refractivity contribution in [3.63, 3.8) is 0 Å². The monoisotopic (exact) mass is 1070 g/mol. The van der Waals surface area contributed by atoms with E-state index in [4.69, 9.17) is 8.83 Å². The fourth-order valence-electron chi connectivity index (χ4n) is 12.1. The zero-order valence-electron chi connectivity index (χ0n) is 45.9. The van der Waals surface area contributed by atoms with Crippen molar-refractivity contribution in [3.05, 3.63) is 169 Å². The van der Waals surface area contributed by atoms with Gasteiger partial charge in [-0.1, -0.05) is 293 Å². The van der Waals surface area contributed by atoms with Crippen molar-refractivity contribution in [1.82, 2.24) is 4.44 Å². The van der Waals surface area contributed by atoms with Gasteiger partial charge in [-0.15, -0.1) is 0 Å². The van der Waals surface area contributed by atoms with Gasteiger partial charge < -0.3 is 8.83 Å². The second-order valence-electron chi connectivity index (χ2n) is 21.4. The van der Waals surface area contributed by atoms with E-state index < -0.39 is 32.3 Å². The van der Waals surface area contributed by atoms with Gasteiger partial charge in [-0.3, -0.25) is 9.24 Å². The number of fused-ring (bicyclic) bond motifs is 6. The zero-order chi connectivity index (χ0) is 52.2. The number of amides is 1. The third-order valence-corrected chi connectivity index (χ3v) is 32.7. The molecule has 0 radical (unpaired) electrons. The van der Waals surface area contributed by atoms with Crippen LogP contribution in [0.1, 0.15) is 129 Å². The van der Waals surface area contributed by atoms with Gasteiger partial charge in [0, 0.05) is 48.3 Å². The summed E-state index contributed by atoms with van der Waals surface area (Å²) in [4.78, 5) is 16.6. The fourth-order valence-corrected chi connectivity index (χ4v) is 29.2. The number of nitrogens with zero attached hydrogens (tertiary/aromatic N) is 1. The number of para-hydroxylation sites is 4. The third kappa shape index (κ3) is 11.6.